The Morgan fingerprint density at radius 1 is 1.29 bits per heavy atom. The Labute approximate surface area is 142 Å². The number of H-pyrrole nitrogens is 1. The van der Waals surface area contributed by atoms with E-state index in [1.807, 2.05) is 37.3 Å². The number of nitrogens with zero attached hydrogens (tertiary/aromatic N) is 2. The second kappa shape index (κ2) is 7.95. The zero-order chi connectivity index (χ0) is 16.8. The van der Waals surface area contributed by atoms with Crippen molar-refractivity contribution in [1.82, 2.24) is 20.7 Å². The molecule has 1 aromatic carbocycles. The molecule has 2 aromatic rings. The Bertz CT molecular complexity index is 650. The number of nitrogens with one attached hydrogen (secondary N) is 2. The van der Waals surface area contributed by atoms with Gasteiger partial charge in [0.15, 0.2) is 0 Å². The summed E-state index contributed by atoms with van der Waals surface area (Å²) in [5, 5.41) is 13.9. The number of alkyl carbamates (subject to hydrolysis) is 1. The summed E-state index contributed by atoms with van der Waals surface area (Å²) in [5.74, 6) is 0. The van der Waals surface area contributed by atoms with Crippen LogP contribution in [0, 0.1) is 0 Å². The number of amides is 1. The van der Waals surface area contributed by atoms with Crippen molar-refractivity contribution in [1.29, 1.82) is 0 Å². The number of benzene rings is 1. The van der Waals surface area contributed by atoms with E-state index in [1.54, 1.807) is 0 Å². The van der Waals surface area contributed by atoms with Crippen LogP contribution in [0.15, 0.2) is 30.3 Å². The van der Waals surface area contributed by atoms with Crippen molar-refractivity contribution in [3.8, 4) is 11.3 Å². The summed E-state index contributed by atoms with van der Waals surface area (Å²) in [6.45, 7) is 1.88. The van der Waals surface area contributed by atoms with Gasteiger partial charge in [0, 0.05) is 18.0 Å². The number of hydrogen-bond donors (Lipinski definition) is 2. The molecule has 1 aliphatic carbocycles. The third kappa shape index (κ3) is 4.34. The maximum absolute atomic E-state index is 12.0. The number of hydrogen-bond acceptors (Lipinski definition) is 4. The Morgan fingerprint density at radius 2 is 2.04 bits per heavy atom. The normalized spacial score (nSPS) is 16.5. The first kappa shape index (κ1) is 16.5. The monoisotopic (exact) mass is 328 g/mol. The molecule has 24 heavy (non-hydrogen) atoms. The van der Waals surface area contributed by atoms with Gasteiger partial charge < -0.3 is 10.1 Å². The van der Waals surface area contributed by atoms with Crippen LogP contribution in [0.5, 0.6) is 0 Å². The van der Waals surface area contributed by atoms with Crippen LogP contribution in [-0.2, 0) is 11.2 Å². The van der Waals surface area contributed by atoms with Crippen LogP contribution in [0.3, 0.4) is 0 Å². The first-order valence-corrected chi connectivity index (χ1v) is 8.65. The second-order valence-corrected chi connectivity index (χ2v) is 6.40. The summed E-state index contributed by atoms with van der Waals surface area (Å²) >= 11 is 0. The summed E-state index contributed by atoms with van der Waals surface area (Å²) in [6, 6.07) is 10.2. The fourth-order valence-electron chi connectivity index (χ4n) is 3.17. The van der Waals surface area contributed by atoms with Crippen LogP contribution in [-0.4, -0.2) is 33.6 Å². The van der Waals surface area contributed by atoms with Crippen molar-refractivity contribution in [2.45, 2.75) is 57.6 Å². The predicted octanol–water partition coefficient (Wildman–Crippen LogP) is 3.46. The topological polar surface area (TPSA) is 79.9 Å². The van der Waals surface area contributed by atoms with E-state index >= 15 is 0 Å². The maximum atomic E-state index is 12.0. The lowest BCUT2D eigenvalue weighted by Crippen LogP contribution is -2.38. The van der Waals surface area contributed by atoms with Crippen molar-refractivity contribution in [3.05, 3.63) is 36.0 Å². The van der Waals surface area contributed by atoms with Gasteiger partial charge in [0.25, 0.3) is 0 Å². The molecular formula is C18H24N4O2. The molecule has 1 aliphatic rings. The first-order chi connectivity index (χ1) is 11.7. The van der Waals surface area contributed by atoms with Gasteiger partial charge in [0.2, 0.25) is 0 Å². The molecule has 1 saturated carbocycles. The molecule has 3 rings (SSSR count). The standard InChI is InChI=1S/C18H24N4O2/c1-13(24-18(23)19-15-10-6-3-7-11-15)12-16-17(21-22-20-16)14-8-4-2-5-9-14/h2,4-5,8-9,13,15H,3,6-7,10-12H2,1H3,(H,19,23)(H,20,21,22). The molecule has 6 heteroatoms. The molecule has 1 atom stereocenters. The summed E-state index contributed by atoms with van der Waals surface area (Å²) in [4.78, 5) is 12.0. The fourth-order valence-corrected chi connectivity index (χ4v) is 3.17. The van der Waals surface area contributed by atoms with Crippen LogP contribution in [0.25, 0.3) is 11.3 Å². The highest BCUT2D eigenvalue weighted by atomic mass is 16.6. The van der Waals surface area contributed by atoms with Gasteiger partial charge in [0.1, 0.15) is 6.10 Å². The maximum Gasteiger partial charge on any atom is 0.407 e. The van der Waals surface area contributed by atoms with Crippen LogP contribution in [0.4, 0.5) is 4.79 Å². The average molecular weight is 328 g/mol. The van der Waals surface area contributed by atoms with E-state index in [0.29, 0.717) is 6.42 Å². The predicted molar refractivity (Wildman–Crippen MR) is 91.5 cm³/mol. The molecule has 2 N–H and O–H groups in total. The van der Waals surface area contributed by atoms with E-state index in [4.69, 9.17) is 4.74 Å². The van der Waals surface area contributed by atoms with Gasteiger partial charge in [-0.2, -0.15) is 0 Å². The number of ether oxygens (including phenoxy) is 1. The van der Waals surface area contributed by atoms with E-state index in [9.17, 15) is 4.79 Å². The molecule has 128 valence electrons. The minimum absolute atomic E-state index is 0.255. The summed E-state index contributed by atoms with van der Waals surface area (Å²) in [5.41, 5.74) is 2.70. The lowest BCUT2D eigenvalue weighted by atomic mass is 9.96. The zero-order valence-electron chi connectivity index (χ0n) is 14.0. The largest absolute Gasteiger partial charge is 0.446 e. The van der Waals surface area contributed by atoms with Crippen molar-refractivity contribution in [3.63, 3.8) is 0 Å². The van der Waals surface area contributed by atoms with Gasteiger partial charge in [0.05, 0.1) is 11.4 Å². The number of aromatic amines is 1. The van der Waals surface area contributed by atoms with Gasteiger partial charge in [-0.25, -0.2) is 4.79 Å². The van der Waals surface area contributed by atoms with Gasteiger partial charge >= 0.3 is 6.09 Å². The zero-order valence-corrected chi connectivity index (χ0v) is 14.0. The van der Waals surface area contributed by atoms with Crippen LogP contribution in [0.2, 0.25) is 0 Å². The molecule has 1 amide bonds. The number of carbonyl (C=O) groups excluding carboxylic acids is 1. The highest BCUT2D eigenvalue weighted by Gasteiger charge is 2.19. The molecule has 1 heterocycles. The van der Waals surface area contributed by atoms with Crippen LogP contribution < -0.4 is 5.32 Å². The number of carbonyl (C=O) groups is 1. The Hall–Kier alpha value is -2.37. The summed E-state index contributed by atoms with van der Waals surface area (Å²) in [7, 11) is 0. The van der Waals surface area contributed by atoms with Gasteiger partial charge in [-0.3, -0.25) is 5.10 Å². The number of rotatable bonds is 5. The van der Waals surface area contributed by atoms with Gasteiger partial charge in [-0.05, 0) is 19.8 Å². The van der Waals surface area contributed by atoms with E-state index in [1.165, 1.54) is 19.3 Å². The Kier molecular flexibility index (Phi) is 5.46. The van der Waals surface area contributed by atoms with Gasteiger partial charge in [-0.1, -0.05) is 54.8 Å². The molecular weight excluding hydrogens is 304 g/mol. The molecule has 6 nitrogen and oxygen atoms in total. The smallest absolute Gasteiger partial charge is 0.407 e. The van der Waals surface area contributed by atoms with E-state index < -0.39 is 0 Å². The molecule has 1 fully saturated rings. The first-order valence-electron chi connectivity index (χ1n) is 8.65. The fraction of sp³-hybridized carbons (Fsp3) is 0.500. The molecule has 1 aromatic heterocycles. The summed E-state index contributed by atoms with van der Waals surface area (Å²) in [6.07, 6.45) is 5.65. The second-order valence-electron chi connectivity index (χ2n) is 6.40. The third-order valence-corrected chi connectivity index (χ3v) is 4.40. The lowest BCUT2D eigenvalue weighted by Gasteiger charge is -2.23. The van der Waals surface area contributed by atoms with Crippen molar-refractivity contribution < 1.29 is 9.53 Å². The molecule has 0 bridgehead atoms. The molecule has 0 radical (unpaired) electrons. The van der Waals surface area contributed by atoms with E-state index in [0.717, 1.165) is 29.8 Å². The van der Waals surface area contributed by atoms with E-state index in [2.05, 4.69) is 20.7 Å². The molecule has 0 spiro atoms. The highest BCUT2D eigenvalue weighted by molar-refractivity contribution is 5.68. The Morgan fingerprint density at radius 3 is 2.79 bits per heavy atom. The van der Waals surface area contributed by atoms with Crippen LogP contribution >= 0.6 is 0 Å². The highest BCUT2D eigenvalue weighted by Crippen LogP contribution is 2.21. The minimum atomic E-state index is -0.334. The van der Waals surface area contributed by atoms with Crippen molar-refractivity contribution in [2.75, 3.05) is 0 Å². The van der Waals surface area contributed by atoms with Crippen molar-refractivity contribution in [2.24, 2.45) is 0 Å². The Balaban J connectivity index is 1.54. The average Bonchev–Trinajstić information content (AvgIpc) is 3.04. The lowest BCUT2D eigenvalue weighted by molar-refractivity contribution is 0.101. The summed E-state index contributed by atoms with van der Waals surface area (Å²) < 4.78 is 5.49. The minimum Gasteiger partial charge on any atom is -0.446 e. The number of aromatic nitrogens is 3. The quantitative estimate of drug-likeness (QED) is 0.881. The molecule has 0 aliphatic heterocycles. The molecule has 1 unspecified atom stereocenters. The van der Waals surface area contributed by atoms with Crippen LogP contribution in [0.1, 0.15) is 44.7 Å². The third-order valence-electron chi connectivity index (χ3n) is 4.40. The molecule has 0 saturated heterocycles. The SMILES string of the molecule is CC(Cc1nn[nH]c1-c1ccccc1)OC(=O)NC1CCCCC1. The van der Waals surface area contributed by atoms with Crippen molar-refractivity contribution >= 4 is 6.09 Å². The van der Waals surface area contributed by atoms with E-state index in [-0.39, 0.29) is 18.2 Å². The van der Waals surface area contributed by atoms with Gasteiger partial charge in [-0.15, -0.1) is 5.10 Å².